The molecule has 3 rings (SSSR count). The average molecular weight is 350 g/mol. The first-order chi connectivity index (χ1) is 11.1. The molecule has 0 aliphatic rings. The molecule has 0 aliphatic carbocycles. The van der Waals surface area contributed by atoms with Crippen LogP contribution in [0.2, 0.25) is 10.0 Å². The Morgan fingerprint density at radius 3 is 2.91 bits per heavy atom. The summed E-state index contributed by atoms with van der Waals surface area (Å²) in [6.07, 6.45) is 2.35. The summed E-state index contributed by atoms with van der Waals surface area (Å²) in [5.41, 5.74) is 1.64. The maximum Gasteiger partial charge on any atom is 0.252 e. The van der Waals surface area contributed by atoms with E-state index in [0.29, 0.717) is 26.8 Å². The van der Waals surface area contributed by atoms with Crippen LogP contribution in [0.15, 0.2) is 42.7 Å². The molecule has 3 N–H and O–H groups in total. The molecule has 0 bridgehead atoms. The van der Waals surface area contributed by atoms with Gasteiger partial charge in [-0.25, -0.2) is 4.98 Å². The van der Waals surface area contributed by atoms with Crippen LogP contribution in [-0.2, 0) is 0 Å². The number of carbonyl (C=O) groups excluding carboxylic acids is 1. The average Bonchev–Trinajstić information content (AvgIpc) is 3.00. The summed E-state index contributed by atoms with van der Waals surface area (Å²) in [4.78, 5) is 19.4. The third-order valence-electron chi connectivity index (χ3n) is 3.48. The number of halogens is 2. The highest BCUT2D eigenvalue weighted by atomic mass is 35.5. The van der Waals surface area contributed by atoms with Crippen LogP contribution >= 0.6 is 23.2 Å². The fourth-order valence-corrected chi connectivity index (χ4v) is 2.86. The van der Waals surface area contributed by atoms with Crippen molar-refractivity contribution in [3.05, 3.63) is 63.9 Å². The number of benzene rings is 1. The Kier molecular flexibility index (Phi) is 4.52. The van der Waals surface area contributed by atoms with Crippen LogP contribution in [0, 0.1) is 0 Å². The Hall–Kier alpha value is -2.08. The Labute approximate surface area is 142 Å². The minimum Gasteiger partial charge on any atom is -0.387 e. The molecule has 0 spiro atoms. The van der Waals surface area contributed by atoms with Gasteiger partial charge in [-0.05, 0) is 24.3 Å². The van der Waals surface area contributed by atoms with Crippen molar-refractivity contribution < 1.29 is 9.90 Å². The first kappa shape index (κ1) is 15.8. The zero-order valence-corrected chi connectivity index (χ0v) is 13.4. The first-order valence-corrected chi connectivity index (χ1v) is 7.65. The van der Waals surface area contributed by atoms with Crippen molar-refractivity contribution in [3.63, 3.8) is 0 Å². The third kappa shape index (κ3) is 3.32. The number of amides is 1. The van der Waals surface area contributed by atoms with Gasteiger partial charge in [0.1, 0.15) is 5.65 Å². The normalized spacial score (nSPS) is 12.3. The zero-order chi connectivity index (χ0) is 16.4. The van der Waals surface area contributed by atoms with Crippen molar-refractivity contribution in [1.29, 1.82) is 0 Å². The summed E-state index contributed by atoms with van der Waals surface area (Å²) in [5.74, 6) is -0.291. The van der Waals surface area contributed by atoms with Crippen molar-refractivity contribution in [2.75, 3.05) is 6.54 Å². The predicted octanol–water partition coefficient (Wildman–Crippen LogP) is 3.33. The molecule has 1 amide bonds. The van der Waals surface area contributed by atoms with E-state index in [0.717, 1.165) is 5.39 Å². The lowest BCUT2D eigenvalue weighted by Gasteiger charge is -2.14. The number of rotatable bonds is 4. The van der Waals surface area contributed by atoms with Crippen molar-refractivity contribution >= 4 is 40.1 Å². The number of aromatic amines is 1. The quantitative estimate of drug-likeness (QED) is 0.675. The summed E-state index contributed by atoms with van der Waals surface area (Å²) >= 11 is 11.9. The molecule has 7 heteroatoms. The number of fused-ring (bicyclic) bond motifs is 1. The number of H-pyrrole nitrogens is 1. The van der Waals surface area contributed by atoms with Crippen LogP contribution in [0.4, 0.5) is 0 Å². The molecule has 118 valence electrons. The van der Waals surface area contributed by atoms with Crippen molar-refractivity contribution in [2.45, 2.75) is 6.10 Å². The Balaban J connectivity index is 1.72. The van der Waals surface area contributed by atoms with Gasteiger partial charge in [-0.3, -0.25) is 4.79 Å². The molecule has 23 heavy (non-hydrogen) atoms. The first-order valence-electron chi connectivity index (χ1n) is 6.89. The highest BCUT2D eigenvalue weighted by Crippen LogP contribution is 2.26. The van der Waals surface area contributed by atoms with Crippen LogP contribution in [-0.4, -0.2) is 27.5 Å². The molecule has 1 unspecified atom stereocenters. The number of pyridine rings is 1. The number of nitrogens with one attached hydrogen (secondary N) is 2. The summed E-state index contributed by atoms with van der Waals surface area (Å²) in [6, 6.07) is 8.24. The standard InChI is InChI=1S/C16H13Cl2N3O2/c17-9-1-2-12(13(18)7-9)14(22)8-21-16(23)11-4-6-20-15-10(11)3-5-19-15/h1-7,14,22H,8H2,(H,19,20)(H,21,23). The van der Waals surface area contributed by atoms with Gasteiger partial charge in [0.05, 0.1) is 11.7 Å². The lowest BCUT2D eigenvalue weighted by atomic mass is 10.1. The van der Waals surface area contributed by atoms with E-state index in [1.807, 2.05) is 0 Å². The Morgan fingerprint density at radius 2 is 2.13 bits per heavy atom. The SMILES string of the molecule is O=C(NCC(O)c1ccc(Cl)cc1Cl)c1ccnc2[nH]ccc12. The highest BCUT2D eigenvalue weighted by Gasteiger charge is 2.15. The van der Waals surface area contributed by atoms with Gasteiger partial charge in [0.2, 0.25) is 0 Å². The summed E-state index contributed by atoms with van der Waals surface area (Å²) in [7, 11) is 0. The second-order valence-corrected chi connectivity index (χ2v) is 5.83. The van der Waals surface area contributed by atoms with Crippen LogP contribution in [0.1, 0.15) is 22.0 Å². The number of carbonyl (C=O) groups is 1. The lowest BCUT2D eigenvalue weighted by molar-refractivity contribution is 0.0918. The number of aliphatic hydroxyl groups is 1. The van der Waals surface area contributed by atoms with E-state index in [-0.39, 0.29) is 12.5 Å². The number of hydrogen-bond donors (Lipinski definition) is 3. The smallest absolute Gasteiger partial charge is 0.252 e. The molecular weight excluding hydrogens is 337 g/mol. The van der Waals surface area contributed by atoms with E-state index < -0.39 is 6.10 Å². The zero-order valence-electron chi connectivity index (χ0n) is 11.9. The predicted molar refractivity (Wildman–Crippen MR) is 89.8 cm³/mol. The minimum absolute atomic E-state index is 0.0361. The molecule has 0 saturated heterocycles. The van der Waals surface area contributed by atoms with E-state index >= 15 is 0 Å². The molecule has 1 aromatic carbocycles. The maximum atomic E-state index is 12.3. The molecule has 5 nitrogen and oxygen atoms in total. The van der Waals surface area contributed by atoms with E-state index in [1.54, 1.807) is 42.7 Å². The van der Waals surface area contributed by atoms with E-state index in [4.69, 9.17) is 23.2 Å². The van der Waals surface area contributed by atoms with Crippen molar-refractivity contribution in [1.82, 2.24) is 15.3 Å². The lowest BCUT2D eigenvalue weighted by Crippen LogP contribution is -2.28. The summed E-state index contributed by atoms with van der Waals surface area (Å²) < 4.78 is 0. The second-order valence-electron chi connectivity index (χ2n) is 4.99. The van der Waals surface area contributed by atoms with Gasteiger partial charge in [0.25, 0.3) is 5.91 Å². The van der Waals surface area contributed by atoms with E-state index in [1.165, 1.54) is 0 Å². The largest absolute Gasteiger partial charge is 0.387 e. The van der Waals surface area contributed by atoms with E-state index in [2.05, 4.69) is 15.3 Å². The Bertz CT molecular complexity index is 863. The number of aliphatic hydroxyl groups excluding tert-OH is 1. The molecule has 0 saturated carbocycles. The van der Waals surface area contributed by atoms with Crippen molar-refractivity contribution in [3.8, 4) is 0 Å². The fraction of sp³-hybridized carbons (Fsp3) is 0.125. The summed E-state index contributed by atoms with van der Waals surface area (Å²) in [5, 5.41) is 14.5. The highest BCUT2D eigenvalue weighted by molar-refractivity contribution is 6.35. The topological polar surface area (TPSA) is 78.0 Å². The van der Waals surface area contributed by atoms with E-state index in [9.17, 15) is 9.90 Å². The van der Waals surface area contributed by atoms with Gasteiger partial charge in [-0.2, -0.15) is 0 Å². The summed E-state index contributed by atoms with van der Waals surface area (Å²) in [6.45, 7) is 0.0361. The van der Waals surface area contributed by atoms with Crippen molar-refractivity contribution in [2.24, 2.45) is 0 Å². The number of nitrogens with zero attached hydrogens (tertiary/aromatic N) is 1. The molecule has 0 aliphatic heterocycles. The molecule has 0 fully saturated rings. The van der Waals surface area contributed by atoms with Gasteiger partial charge >= 0.3 is 0 Å². The molecule has 2 heterocycles. The fourth-order valence-electron chi connectivity index (χ4n) is 2.33. The van der Waals surface area contributed by atoms with Crippen LogP contribution in [0.3, 0.4) is 0 Å². The second kappa shape index (κ2) is 6.58. The maximum absolute atomic E-state index is 12.3. The molecular formula is C16H13Cl2N3O2. The van der Waals surface area contributed by atoms with Gasteiger partial charge < -0.3 is 15.4 Å². The number of aromatic nitrogens is 2. The van der Waals surface area contributed by atoms with Crippen LogP contribution < -0.4 is 5.32 Å². The molecule has 2 aromatic heterocycles. The van der Waals surface area contributed by atoms with Crippen LogP contribution in [0.25, 0.3) is 11.0 Å². The molecule has 1 atom stereocenters. The third-order valence-corrected chi connectivity index (χ3v) is 4.04. The molecule has 3 aromatic rings. The van der Waals surface area contributed by atoms with Gasteiger partial charge in [-0.1, -0.05) is 29.3 Å². The van der Waals surface area contributed by atoms with Gasteiger partial charge in [-0.15, -0.1) is 0 Å². The van der Waals surface area contributed by atoms with Crippen LogP contribution in [0.5, 0.6) is 0 Å². The Morgan fingerprint density at radius 1 is 1.30 bits per heavy atom. The van der Waals surface area contributed by atoms with Gasteiger partial charge in [0.15, 0.2) is 0 Å². The number of hydrogen-bond acceptors (Lipinski definition) is 3. The minimum atomic E-state index is -0.924. The molecule has 0 radical (unpaired) electrons. The van der Waals surface area contributed by atoms with Gasteiger partial charge in [0, 0.05) is 39.9 Å². The monoisotopic (exact) mass is 349 g/mol.